The molecule has 2 unspecified atom stereocenters. The summed E-state index contributed by atoms with van der Waals surface area (Å²) in [6.07, 6.45) is 4.33. The Hall–Kier alpha value is -0.650. The van der Waals surface area contributed by atoms with Gasteiger partial charge in [0, 0.05) is 22.2 Å². The Morgan fingerprint density at radius 2 is 1.95 bits per heavy atom. The van der Waals surface area contributed by atoms with E-state index in [-0.39, 0.29) is 12.1 Å². The number of aromatic nitrogens is 2. The highest BCUT2D eigenvalue weighted by molar-refractivity contribution is 7.99. The lowest BCUT2D eigenvalue weighted by molar-refractivity contribution is 0.131. The van der Waals surface area contributed by atoms with Crippen molar-refractivity contribution in [1.82, 2.24) is 15.3 Å². The van der Waals surface area contributed by atoms with Gasteiger partial charge in [0.1, 0.15) is 0 Å². The minimum absolute atomic E-state index is 0.120. The minimum Gasteiger partial charge on any atom is -0.394 e. The van der Waals surface area contributed by atoms with Gasteiger partial charge in [-0.15, -0.1) is 0 Å². The fourth-order valence-electron chi connectivity index (χ4n) is 2.80. The van der Waals surface area contributed by atoms with E-state index in [0.717, 1.165) is 35.8 Å². The van der Waals surface area contributed by atoms with Crippen molar-refractivity contribution in [3.63, 3.8) is 0 Å². The molecule has 0 aromatic carbocycles. The first-order chi connectivity index (χ1) is 9.49. The van der Waals surface area contributed by atoms with E-state index in [1.165, 1.54) is 12.0 Å². The summed E-state index contributed by atoms with van der Waals surface area (Å²) in [6.45, 7) is 6.35. The Balaban J connectivity index is 2.10. The summed E-state index contributed by atoms with van der Waals surface area (Å²) >= 11 is 1.76. The van der Waals surface area contributed by atoms with Crippen LogP contribution in [0.3, 0.4) is 0 Å². The molecule has 0 amide bonds. The Kier molecular flexibility index (Phi) is 5.04. The van der Waals surface area contributed by atoms with Gasteiger partial charge < -0.3 is 10.4 Å². The Labute approximate surface area is 125 Å². The number of nitrogens with zero attached hydrogens (tertiary/aromatic N) is 2. The first-order valence-electron chi connectivity index (χ1n) is 7.28. The summed E-state index contributed by atoms with van der Waals surface area (Å²) in [6, 6.07) is 0. The minimum atomic E-state index is -0.120. The van der Waals surface area contributed by atoms with Crippen molar-refractivity contribution >= 4 is 11.8 Å². The third-order valence-corrected chi connectivity index (χ3v) is 5.65. The van der Waals surface area contributed by atoms with Crippen molar-refractivity contribution in [2.75, 3.05) is 13.7 Å². The molecule has 0 saturated heterocycles. The second-order valence-corrected chi connectivity index (χ2v) is 7.09. The van der Waals surface area contributed by atoms with E-state index in [0.29, 0.717) is 5.25 Å². The molecule has 5 heteroatoms. The molecule has 1 aromatic heterocycles. The molecule has 1 aliphatic carbocycles. The highest BCUT2D eigenvalue weighted by Crippen LogP contribution is 2.37. The summed E-state index contributed by atoms with van der Waals surface area (Å²) in [4.78, 5) is 9.19. The van der Waals surface area contributed by atoms with Crippen LogP contribution in [0.5, 0.6) is 0 Å². The van der Waals surface area contributed by atoms with Crippen LogP contribution in [-0.2, 0) is 0 Å². The van der Waals surface area contributed by atoms with E-state index in [1.54, 1.807) is 11.8 Å². The first-order valence-corrected chi connectivity index (χ1v) is 8.16. The molecule has 2 N–H and O–H groups in total. The molecule has 1 heterocycles. The van der Waals surface area contributed by atoms with Crippen LogP contribution in [0.25, 0.3) is 0 Å². The standard InChI is InChI=1S/C15H25N3OS/c1-10-11(2)17-14(18-12(10)3)20-13-6-5-7-15(8-13,9-19)16-4/h13,16,19H,5-9H2,1-4H3. The van der Waals surface area contributed by atoms with E-state index in [2.05, 4.69) is 22.2 Å². The molecule has 0 spiro atoms. The van der Waals surface area contributed by atoms with Gasteiger partial charge in [0.15, 0.2) is 5.16 Å². The Morgan fingerprint density at radius 3 is 2.50 bits per heavy atom. The summed E-state index contributed by atoms with van der Waals surface area (Å²) in [5.74, 6) is 0. The highest BCUT2D eigenvalue weighted by Gasteiger charge is 2.35. The molecule has 1 aromatic rings. The molecule has 0 aliphatic heterocycles. The molecule has 2 rings (SSSR count). The third-order valence-electron chi connectivity index (χ3n) is 4.52. The zero-order valence-corrected chi connectivity index (χ0v) is 13.7. The fraction of sp³-hybridized carbons (Fsp3) is 0.733. The molecular formula is C15H25N3OS. The normalized spacial score (nSPS) is 26.8. The Bertz CT molecular complexity index is 451. The van der Waals surface area contributed by atoms with E-state index < -0.39 is 0 Å². The van der Waals surface area contributed by atoms with Crippen LogP contribution in [0.4, 0.5) is 0 Å². The monoisotopic (exact) mass is 295 g/mol. The predicted molar refractivity (Wildman–Crippen MR) is 83.2 cm³/mol. The fourth-order valence-corrected chi connectivity index (χ4v) is 4.17. The van der Waals surface area contributed by atoms with Crippen LogP contribution in [0, 0.1) is 20.8 Å². The molecular weight excluding hydrogens is 270 g/mol. The average molecular weight is 295 g/mol. The third kappa shape index (κ3) is 3.32. The number of hydrogen-bond donors (Lipinski definition) is 2. The second-order valence-electron chi connectivity index (χ2n) is 5.83. The van der Waals surface area contributed by atoms with Gasteiger partial charge in [0.2, 0.25) is 0 Å². The quantitative estimate of drug-likeness (QED) is 0.835. The number of aryl methyl sites for hydroxylation is 2. The zero-order valence-electron chi connectivity index (χ0n) is 12.9. The predicted octanol–water partition coefficient (Wildman–Crippen LogP) is 2.39. The largest absolute Gasteiger partial charge is 0.394 e. The lowest BCUT2D eigenvalue weighted by atomic mass is 9.82. The van der Waals surface area contributed by atoms with E-state index >= 15 is 0 Å². The van der Waals surface area contributed by atoms with Gasteiger partial charge in [-0.3, -0.25) is 0 Å². The molecule has 20 heavy (non-hydrogen) atoms. The molecule has 1 fully saturated rings. The molecule has 2 atom stereocenters. The molecule has 0 bridgehead atoms. The summed E-state index contributed by atoms with van der Waals surface area (Å²) in [5.41, 5.74) is 3.19. The van der Waals surface area contributed by atoms with Gasteiger partial charge in [-0.25, -0.2) is 9.97 Å². The van der Waals surface area contributed by atoms with Crippen molar-refractivity contribution in [3.05, 3.63) is 17.0 Å². The molecule has 0 radical (unpaired) electrons. The molecule has 4 nitrogen and oxygen atoms in total. The highest BCUT2D eigenvalue weighted by atomic mass is 32.2. The lowest BCUT2D eigenvalue weighted by Gasteiger charge is -2.39. The van der Waals surface area contributed by atoms with Crippen LogP contribution in [0.15, 0.2) is 5.16 Å². The van der Waals surface area contributed by atoms with E-state index in [9.17, 15) is 5.11 Å². The van der Waals surface area contributed by atoms with Gasteiger partial charge >= 0.3 is 0 Å². The van der Waals surface area contributed by atoms with Crippen molar-refractivity contribution in [1.29, 1.82) is 0 Å². The van der Waals surface area contributed by atoms with Crippen LogP contribution >= 0.6 is 11.8 Å². The number of nitrogens with one attached hydrogen (secondary N) is 1. The van der Waals surface area contributed by atoms with Crippen LogP contribution in [0.2, 0.25) is 0 Å². The van der Waals surface area contributed by atoms with Crippen LogP contribution in [0.1, 0.15) is 42.6 Å². The van der Waals surface area contributed by atoms with Crippen molar-refractivity contribution in [2.24, 2.45) is 0 Å². The van der Waals surface area contributed by atoms with Crippen molar-refractivity contribution in [3.8, 4) is 0 Å². The van der Waals surface area contributed by atoms with Crippen LogP contribution < -0.4 is 5.32 Å². The van der Waals surface area contributed by atoms with Crippen molar-refractivity contribution < 1.29 is 5.11 Å². The van der Waals surface area contributed by atoms with Crippen molar-refractivity contribution in [2.45, 2.75) is 62.4 Å². The topological polar surface area (TPSA) is 58.0 Å². The molecule has 112 valence electrons. The molecule has 1 saturated carbocycles. The maximum atomic E-state index is 9.65. The number of aliphatic hydroxyl groups is 1. The SMILES string of the molecule is CNC1(CO)CCCC(Sc2nc(C)c(C)c(C)n2)C1. The number of hydrogen-bond acceptors (Lipinski definition) is 5. The van der Waals surface area contributed by atoms with E-state index in [1.807, 2.05) is 20.9 Å². The summed E-state index contributed by atoms with van der Waals surface area (Å²) in [7, 11) is 1.94. The number of rotatable bonds is 4. The second kappa shape index (κ2) is 6.41. The Morgan fingerprint density at radius 1 is 1.30 bits per heavy atom. The number of likely N-dealkylation sites (N-methyl/N-ethyl adjacent to an activating group) is 1. The van der Waals surface area contributed by atoms with Gasteiger partial charge in [0.05, 0.1) is 6.61 Å². The average Bonchev–Trinajstić information content (AvgIpc) is 2.45. The maximum Gasteiger partial charge on any atom is 0.188 e. The van der Waals surface area contributed by atoms with Gasteiger partial charge in [0.25, 0.3) is 0 Å². The maximum absolute atomic E-state index is 9.65. The van der Waals surface area contributed by atoms with Gasteiger partial charge in [-0.1, -0.05) is 18.2 Å². The summed E-state index contributed by atoms with van der Waals surface area (Å²) in [5, 5.41) is 14.3. The van der Waals surface area contributed by atoms with Gasteiger partial charge in [-0.05, 0) is 52.6 Å². The van der Waals surface area contributed by atoms with Gasteiger partial charge in [-0.2, -0.15) is 0 Å². The lowest BCUT2D eigenvalue weighted by Crippen LogP contribution is -2.50. The smallest absolute Gasteiger partial charge is 0.188 e. The number of aliphatic hydroxyl groups excluding tert-OH is 1. The summed E-state index contributed by atoms with van der Waals surface area (Å²) < 4.78 is 0. The van der Waals surface area contributed by atoms with Crippen LogP contribution in [-0.4, -0.2) is 39.5 Å². The number of thioether (sulfide) groups is 1. The molecule has 1 aliphatic rings. The zero-order chi connectivity index (χ0) is 14.8. The first kappa shape index (κ1) is 15.7. The van der Waals surface area contributed by atoms with E-state index in [4.69, 9.17) is 0 Å².